The largest absolute Gasteiger partial charge is 0.482 e. The summed E-state index contributed by atoms with van der Waals surface area (Å²) in [5.74, 6) is -1.20. The van der Waals surface area contributed by atoms with Gasteiger partial charge >= 0.3 is 5.97 Å². The van der Waals surface area contributed by atoms with Crippen LogP contribution in [0.1, 0.15) is 0 Å². The Hall–Kier alpha value is -3.41. The molecule has 5 nitrogen and oxygen atoms in total. The van der Waals surface area contributed by atoms with Crippen molar-refractivity contribution in [3.63, 3.8) is 0 Å². The van der Waals surface area contributed by atoms with E-state index in [-0.39, 0.29) is 6.61 Å². The number of fused-ring (bicyclic) bond motifs is 1. The van der Waals surface area contributed by atoms with Crippen LogP contribution >= 0.6 is 0 Å². The minimum absolute atomic E-state index is 0.337. The third kappa shape index (κ3) is 4.57. The summed E-state index contributed by atoms with van der Waals surface area (Å²) in [7, 11) is 0. The number of esters is 1. The van der Waals surface area contributed by atoms with E-state index in [4.69, 9.17) is 9.47 Å². The number of hydrogen-bond donors (Lipinski definition) is 1. The van der Waals surface area contributed by atoms with E-state index >= 15 is 0 Å². The quantitative estimate of drug-likeness (QED) is 0.689. The zero-order valence-corrected chi connectivity index (χ0v) is 13.8. The van der Waals surface area contributed by atoms with E-state index in [0.29, 0.717) is 11.4 Å². The Morgan fingerprint density at radius 3 is 2.42 bits per heavy atom. The van der Waals surface area contributed by atoms with Crippen LogP contribution in [0, 0.1) is 5.82 Å². The van der Waals surface area contributed by atoms with Crippen molar-refractivity contribution in [3.05, 3.63) is 72.5 Å². The van der Waals surface area contributed by atoms with E-state index in [1.807, 2.05) is 36.4 Å². The van der Waals surface area contributed by atoms with E-state index in [2.05, 4.69) is 5.32 Å². The third-order valence-corrected chi connectivity index (χ3v) is 3.60. The molecule has 0 aliphatic heterocycles. The molecule has 132 valence electrons. The number of hydrogen-bond acceptors (Lipinski definition) is 4. The number of amides is 1. The molecule has 0 aliphatic carbocycles. The van der Waals surface area contributed by atoms with Gasteiger partial charge in [-0.05, 0) is 35.7 Å². The molecule has 0 unspecified atom stereocenters. The molecule has 0 aliphatic rings. The highest BCUT2D eigenvalue weighted by atomic mass is 19.1. The van der Waals surface area contributed by atoms with Gasteiger partial charge in [-0.2, -0.15) is 0 Å². The minimum atomic E-state index is -0.692. The highest BCUT2D eigenvalue weighted by molar-refractivity contribution is 6.02. The van der Waals surface area contributed by atoms with E-state index in [0.717, 1.165) is 10.8 Å². The fourth-order valence-electron chi connectivity index (χ4n) is 2.38. The van der Waals surface area contributed by atoms with E-state index in [9.17, 15) is 14.0 Å². The lowest BCUT2D eigenvalue weighted by Crippen LogP contribution is -2.23. The molecule has 0 saturated heterocycles. The summed E-state index contributed by atoms with van der Waals surface area (Å²) < 4.78 is 22.8. The average molecular weight is 353 g/mol. The summed E-state index contributed by atoms with van der Waals surface area (Å²) in [5.41, 5.74) is 0.645. The van der Waals surface area contributed by atoms with Crippen molar-refractivity contribution in [1.82, 2.24) is 0 Å². The number of benzene rings is 3. The van der Waals surface area contributed by atoms with Crippen LogP contribution in [0.4, 0.5) is 10.1 Å². The SMILES string of the molecule is O=C(COC(=O)COc1ccc(F)cc1)Nc1cccc2ccccc12. The molecule has 1 amide bonds. The van der Waals surface area contributed by atoms with Crippen molar-refractivity contribution in [3.8, 4) is 5.75 Å². The molecule has 26 heavy (non-hydrogen) atoms. The lowest BCUT2D eigenvalue weighted by atomic mass is 10.1. The highest BCUT2D eigenvalue weighted by Crippen LogP contribution is 2.22. The first kappa shape index (κ1) is 17.4. The van der Waals surface area contributed by atoms with Crippen LogP contribution in [0.3, 0.4) is 0 Å². The predicted octanol–water partition coefficient (Wildman–Crippen LogP) is 3.54. The fourth-order valence-corrected chi connectivity index (χ4v) is 2.38. The molecule has 0 radical (unpaired) electrons. The van der Waals surface area contributed by atoms with Gasteiger partial charge in [0.15, 0.2) is 13.2 Å². The zero-order chi connectivity index (χ0) is 18.4. The lowest BCUT2D eigenvalue weighted by molar-refractivity contribution is -0.149. The molecular weight excluding hydrogens is 337 g/mol. The number of anilines is 1. The molecule has 3 aromatic rings. The van der Waals surface area contributed by atoms with Crippen LogP contribution < -0.4 is 10.1 Å². The van der Waals surface area contributed by atoms with Crippen LogP contribution in [0.2, 0.25) is 0 Å². The maximum atomic E-state index is 12.8. The number of ether oxygens (including phenoxy) is 2. The Kier molecular flexibility index (Phi) is 5.43. The Labute approximate surface area is 149 Å². The van der Waals surface area contributed by atoms with Gasteiger partial charge < -0.3 is 14.8 Å². The summed E-state index contributed by atoms with van der Waals surface area (Å²) in [4.78, 5) is 23.7. The van der Waals surface area contributed by atoms with Gasteiger partial charge in [-0.3, -0.25) is 4.79 Å². The zero-order valence-electron chi connectivity index (χ0n) is 13.8. The molecule has 0 bridgehead atoms. The third-order valence-electron chi connectivity index (χ3n) is 3.60. The molecule has 0 spiro atoms. The second kappa shape index (κ2) is 8.11. The van der Waals surface area contributed by atoms with E-state index in [1.54, 1.807) is 6.07 Å². The van der Waals surface area contributed by atoms with Gasteiger partial charge in [-0.25, -0.2) is 9.18 Å². The number of nitrogens with one attached hydrogen (secondary N) is 1. The van der Waals surface area contributed by atoms with Crippen LogP contribution in [0.5, 0.6) is 5.75 Å². The van der Waals surface area contributed by atoms with Crippen LogP contribution in [-0.2, 0) is 14.3 Å². The fraction of sp³-hybridized carbons (Fsp3) is 0.100. The van der Waals surface area contributed by atoms with Crippen molar-refractivity contribution in [2.75, 3.05) is 18.5 Å². The molecule has 3 rings (SSSR count). The van der Waals surface area contributed by atoms with Gasteiger partial charge in [-0.15, -0.1) is 0 Å². The van der Waals surface area contributed by atoms with Crippen molar-refractivity contribution in [2.24, 2.45) is 0 Å². The molecular formula is C20H16FNO4. The maximum absolute atomic E-state index is 12.8. The molecule has 0 heterocycles. The Morgan fingerprint density at radius 2 is 1.62 bits per heavy atom. The molecule has 0 aromatic heterocycles. The second-order valence-electron chi connectivity index (χ2n) is 5.48. The predicted molar refractivity (Wildman–Crippen MR) is 95.4 cm³/mol. The molecule has 0 fully saturated rings. The van der Waals surface area contributed by atoms with Crippen molar-refractivity contribution < 1.29 is 23.5 Å². The number of rotatable bonds is 6. The summed E-state index contributed by atoms with van der Waals surface area (Å²) in [5, 5.41) is 4.61. The van der Waals surface area contributed by atoms with Gasteiger partial charge in [0.25, 0.3) is 5.91 Å². The maximum Gasteiger partial charge on any atom is 0.344 e. The summed E-state index contributed by atoms with van der Waals surface area (Å²) in [6, 6.07) is 18.4. The average Bonchev–Trinajstić information content (AvgIpc) is 2.66. The van der Waals surface area contributed by atoms with Crippen LogP contribution in [0.15, 0.2) is 66.7 Å². The number of carbonyl (C=O) groups excluding carboxylic acids is 2. The lowest BCUT2D eigenvalue weighted by Gasteiger charge is -2.10. The van der Waals surface area contributed by atoms with Crippen LogP contribution in [0.25, 0.3) is 10.8 Å². The van der Waals surface area contributed by atoms with Crippen molar-refractivity contribution in [1.29, 1.82) is 0 Å². The topological polar surface area (TPSA) is 64.6 Å². The highest BCUT2D eigenvalue weighted by Gasteiger charge is 2.10. The second-order valence-corrected chi connectivity index (χ2v) is 5.48. The van der Waals surface area contributed by atoms with Gasteiger partial charge in [0.2, 0.25) is 0 Å². The van der Waals surface area contributed by atoms with E-state index in [1.165, 1.54) is 24.3 Å². The smallest absolute Gasteiger partial charge is 0.344 e. The first-order chi connectivity index (χ1) is 12.6. The Balaban J connectivity index is 1.49. The monoisotopic (exact) mass is 353 g/mol. The summed E-state index contributed by atoms with van der Waals surface area (Å²) in [6.07, 6.45) is 0. The van der Waals surface area contributed by atoms with Gasteiger partial charge in [0, 0.05) is 11.1 Å². The molecule has 0 atom stereocenters. The van der Waals surface area contributed by atoms with Crippen molar-refractivity contribution in [2.45, 2.75) is 0 Å². The first-order valence-corrected chi connectivity index (χ1v) is 7.93. The Bertz CT molecular complexity index is 919. The standard InChI is InChI=1S/C20H16FNO4/c21-15-8-10-16(11-9-15)25-13-20(24)26-12-19(23)22-18-7-3-5-14-4-1-2-6-17(14)18/h1-11H,12-13H2,(H,22,23). The van der Waals surface area contributed by atoms with Gasteiger partial charge in [0.1, 0.15) is 11.6 Å². The van der Waals surface area contributed by atoms with Gasteiger partial charge in [-0.1, -0.05) is 36.4 Å². The number of halogens is 1. The van der Waals surface area contributed by atoms with E-state index < -0.39 is 24.3 Å². The molecule has 0 saturated carbocycles. The molecule has 1 N–H and O–H groups in total. The Morgan fingerprint density at radius 1 is 0.885 bits per heavy atom. The minimum Gasteiger partial charge on any atom is -0.482 e. The number of carbonyl (C=O) groups is 2. The van der Waals surface area contributed by atoms with Crippen LogP contribution in [-0.4, -0.2) is 25.1 Å². The summed E-state index contributed by atoms with van der Waals surface area (Å²) >= 11 is 0. The van der Waals surface area contributed by atoms with Crippen molar-refractivity contribution >= 4 is 28.3 Å². The van der Waals surface area contributed by atoms with Gasteiger partial charge in [0.05, 0.1) is 0 Å². The normalized spacial score (nSPS) is 10.3. The molecule has 3 aromatic carbocycles. The first-order valence-electron chi connectivity index (χ1n) is 7.93. The molecule has 6 heteroatoms. The summed E-state index contributed by atoms with van der Waals surface area (Å²) in [6.45, 7) is -0.790.